The molecule has 0 aromatic carbocycles. The van der Waals surface area contributed by atoms with Crippen LogP contribution in [0.4, 0.5) is 5.69 Å². The van der Waals surface area contributed by atoms with Gasteiger partial charge in [-0.2, -0.15) is 0 Å². The van der Waals surface area contributed by atoms with E-state index in [0.29, 0.717) is 19.1 Å². The highest BCUT2D eigenvalue weighted by molar-refractivity contribution is 5.78. The van der Waals surface area contributed by atoms with E-state index in [1.165, 1.54) is 0 Å². The number of nitrogens with zero attached hydrogens (tertiary/aromatic N) is 2. The number of aromatic nitrogens is 1. The Morgan fingerprint density at radius 1 is 1.53 bits per heavy atom. The van der Waals surface area contributed by atoms with Crippen LogP contribution in [0.1, 0.15) is 29.7 Å². The van der Waals surface area contributed by atoms with Crippen molar-refractivity contribution in [1.29, 1.82) is 0 Å². The SMILES string of the molecule is Cc1cnc(CN(C)CC(=O)NC2CC2)c(C)c1N. The molecule has 1 aliphatic carbocycles. The average Bonchev–Trinajstić information content (AvgIpc) is 3.13. The summed E-state index contributed by atoms with van der Waals surface area (Å²) in [5.74, 6) is 0.0859. The molecule has 0 aliphatic heterocycles. The van der Waals surface area contributed by atoms with E-state index in [1.807, 2.05) is 25.8 Å². The van der Waals surface area contributed by atoms with E-state index in [4.69, 9.17) is 5.73 Å². The second-order valence-corrected chi connectivity index (χ2v) is 5.44. The van der Waals surface area contributed by atoms with Crippen molar-refractivity contribution in [1.82, 2.24) is 15.2 Å². The summed E-state index contributed by atoms with van der Waals surface area (Å²) in [6.07, 6.45) is 4.02. The van der Waals surface area contributed by atoms with Crippen LogP contribution in [-0.4, -0.2) is 35.4 Å². The minimum atomic E-state index is 0.0859. The third-order valence-corrected chi connectivity index (χ3v) is 3.45. The molecule has 0 saturated heterocycles. The fraction of sp³-hybridized carbons (Fsp3) is 0.571. The lowest BCUT2D eigenvalue weighted by Crippen LogP contribution is -2.36. The smallest absolute Gasteiger partial charge is 0.234 e. The normalized spacial score (nSPS) is 14.7. The van der Waals surface area contributed by atoms with E-state index in [1.54, 1.807) is 6.20 Å². The van der Waals surface area contributed by atoms with Crippen LogP contribution in [-0.2, 0) is 11.3 Å². The number of anilines is 1. The number of nitrogens with one attached hydrogen (secondary N) is 1. The zero-order valence-corrected chi connectivity index (χ0v) is 11.9. The Kier molecular flexibility index (Phi) is 4.04. The lowest BCUT2D eigenvalue weighted by atomic mass is 10.1. The molecule has 5 heteroatoms. The summed E-state index contributed by atoms with van der Waals surface area (Å²) in [5, 5.41) is 2.98. The summed E-state index contributed by atoms with van der Waals surface area (Å²) in [4.78, 5) is 18.1. The largest absolute Gasteiger partial charge is 0.398 e. The maximum absolute atomic E-state index is 11.7. The number of rotatable bonds is 5. The Bertz CT molecular complexity index is 483. The second-order valence-electron chi connectivity index (χ2n) is 5.44. The van der Waals surface area contributed by atoms with Gasteiger partial charge in [-0.25, -0.2) is 0 Å². The molecule has 0 bridgehead atoms. The molecule has 1 fully saturated rings. The van der Waals surface area contributed by atoms with Gasteiger partial charge in [-0.15, -0.1) is 0 Å². The Morgan fingerprint density at radius 3 is 2.84 bits per heavy atom. The summed E-state index contributed by atoms with van der Waals surface area (Å²) in [5.41, 5.74) is 9.73. The van der Waals surface area contributed by atoms with Crippen molar-refractivity contribution < 1.29 is 4.79 Å². The predicted octanol–water partition coefficient (Wildman–Crippen LogP) is 0.991. The Labute approximate surface area is 114 Å². The van der Waals surface area contributed by atoms with Gasteiger partial charge >= 0.3 is 0 Å². The summed E-state index contributed by atoms with van der Waals surface area (Å²) in [6.45, 7) is 4.95. The molecular formula is C14H22N4O. The number of amides is 1. The molecule has 1 aromatic heterocycles. The van der Waals surface area contributed by atoms with Gasteiger partial charge in [-0.3, -0.25) is 14.7 Å². The highest BCUT2D eigenvalue weighted by Crippen LogP contribution is 2.19. The zero-order chi connectivity index (χ0) is 14.0. The lowest BCUT2D eigenvalue weighted by Gasteiger charge is -2.18. The number of pyridine rings is 1. The van der Waals surface area contributed by atoms with E-state index in [0.717, 1.165) is 35.3 Å². The van der Waals surface area contributed by atoms with Gasteiger partial charge in [0.05, 0.1) is 12.2 Å². The Hall–Kier alpha value is -1.62. The molecule has 1 heterocycles. The fourth-order valence-corrected chi connectivity index (χ4v) is 2.01. The number of aryl methyl sites for hydroxylation is 1. The molecule has 0 atom stereocenters. The number of carbonyl (C=O) groups is 1. The minimum Gasteiger partial charge on any atom is -0.398 e. The van der Waals surface area contributed by atoms with Crippen molar-refractivity contribution in [2.24, 2.45) is 0 Å². The molecule has 104 valence electrons. The van der Waals surface area contributed by atoms with E-state index in [-0.39, 0.29) is 5.91 Å². The summed E-state index contributed by atoms with van der Waals surface area (Å²) in [7, 11) is 1.92. The first kappa shape index (κ1) is 13.8. The quantitative estimate of drug-likeness (QED) is 0.830. The molecule has 1 aliphatic rings. The molecule has 0 radical (unpaired) electrons. The minimum absolute atomic E-state index is 0.0859. The Balaban J connectivity index is 1.92. The van der Waals surface area contributed by atoms with E-state index in [9.17, 15) is 4.79 Å². The van der Waals surface area contributed by atoms with Crippen molar-refractivity contribution >= 4 is 11.6 Å². The van der Waals surface area contributed by atoms with Gasteiger partial charge in [0.2, 0.25) is 5.91 Å². The molecule has 0 unspecified atom stereocenters. The molecule has 1 aromatic rings. The first-order valence-corrected chi connectivity index (χ1v) is 6.66. The monoisotopic (exact) mass is 262 g/mol. The second kappa shape index (κ2) is 5.57. The van der Waals surface area contributed by atoms with Crippen LogP contribution in [0.15, 0.2) is 6.20 Å². The van der Waals surface area contributed by atoms with Gasteiger partial charge in [0.15, 0.2) is 0 Å². The lowest BCUT2D eigenvalue weighted by molar-refractivity contribution is -0.122. The first-order valence-electron chi connectivity index (χ1n) is 6.66. The standard InChI is InChI=1S/C14H22N4O/c1-9-6-16-12(10(2)14(9)15)7-18(3)8-13(19)17-11-4-5-11/h6,11H,4-5,7-8H2,1-3H3,(H2,15,16)(H,17,19). The van der Waals surface area contributed by atoms with Gasteiger partial charge < -0.3 is 11.1 Å². The third kappa shape index (κ3) is 3.67. The number of nitrogen functional groups attached to an aromatic ring is 1. The summed E-state index contributed by atoms with van der Waals surface area (Å²) >= 11 is 0. The molecule has 19 heavy (non-hydrogen) atoms. The Morgan fingerprint density at radius 2 is 2.21 bits per heavy atom. The molecule has 0 spiro atoms. The molecular weight excluding hydrogens is 240 g/mol. The number of likely N-dealkylation sites (N-methyl/N-ethyl adjacent to an activating group) is 1. The topological polar surface area (TPSA) is 71.2 Å². The van der Waals surface area contributed by atoms with Crippen molar-refractivity contribution in [2.75, 3.05) is 19.3 Å². The first-order chi connectivity index (χ1) is 8.97. The van der Waals surface area contributed by atoms with E-state index >= 15 is 0 Å². The number of hydrogen-bond donors (Lipinski definition) is 2. The fourth-order valence-electron chi connectivity index (χ4n) is 2.01. The highest BCUT2D eigenvalue weighted by atomic mass is 16.2. The van der Waals surface area contributed by atoms with Gasteiger partial charge in [0.1, 0.15) is 0 Å². The van der Waals surface area contributed by atoms with E-state index < -0.39 is 0 Å². The van der Waals surface area contributed by atoms with Crippen LogP contribution in [0.3, 0.4) is 0 Å². The molecule has 2 rings (SSSR count). The summed E-state index contributed by atoms with van der Waals surface area (Å²) in [6, 6.07) is 0.413. The number of carbonyl (C=O) groups excluding carboxylic acids is 1. The van der Waals surface area contributed by atoms with Crippen LogP contribution in [0, 0.1) is 13.8 Å². The average molecular weight is 262 g/mol. The maximum Gasteiger partial charge on any atom is 0.234 e. The van der Waals surface area contributed by atoms with Crippen molar-refractivity contribution in [3.63, 3.8) is 0 Å². The highest BCUT2D eigenvalue weighted by Gasteiger charge is 2.23. The van der Waals surface area contributed by atoms with Gasteiger partial charge in [0.25, 0.3) is 0 Å². The van der Waals surface area contributed by atoms with Crippen LogP contribution >= 0.6 is 0 Å². The molecule has 1 saturated carbocycles. The summed E-state index contributed by atoms with van der Waals surface area (Å²) < 4.78 is 0. The number of hydrogen-bond acceptors (Lipinski definition) is 4. The van der Waals surface area contributed by atoms with Crippen molar-refractivity contribution in [2.45, 2.75) is 39.3 Å². The van der Waals surface area contributed by atoms with Crippen LogP contribution in [0.2, 0.25) is 0 Å². The van der Waals surface area contributed by atoms with Crippen LogP contribution in [0.25, 0.3) is 0 Å². The molecule has 1 amide bonds. The molecule has 3 N–H and O–H groups in total. The van der Waals surface area contributed by atoms with E-state index in [2.05, 4.69) is 10.3 Å². The van der Waals surface area contributed by atoms with Gasteiger partial charge in [-0.05, 0) is 44.9 Å². The predicted molar refractivity (Wildman–Crippen MR) is 75.6 cm³/mol. The maximum atomic E-state index is 11.7. The van der Waals surface area contributed by atoms with Gasteiger partial charge in [0, 0.05) is 24.5 Å². The van der Waals surface area contributed by atoms with Crippen molar-refractivity contribution in [3.8, 4) is 0 Å². The van der Waals surface area contributed by atoms with Gasteiger partial charge in [-0.1, -0.05) is 0 Å². The number of nitrogens with two attached hydrogens (primary N) is 1. The molecule has 5 nitrogen and oxygen atoms in total. The van der Waals surface area contributed by atoms with Crippen LogP contribution < -0.4 is 11.1 Å². The van der Waals surface area contributed by atoms with Crippen LogP contribution in [0.5, 0.6) is 0 Å². The zero-order valence-electron chi connectivity index (χ0n) is 11.9. The third-order valence-electron chi connectivity index (χ3n) is 3.45. The van der Waals surface area contributed by atoms with Crippen molar-refractivity contribution in [3.05, 3.63) is 23.0 Å².